The van der Waals surface area contributed by atoms with Gasteiger partial charge in [0.05, 0.1) is 6.04 Å². The Kier molecular flexibility index (Phi) is 4.49. The second kappa shape index (κ2) is 6.80. The fourth-order valence-corrected chi connectivity index (χ4v) is 3.88. The highest BCUT2D eigenvalue weighted by Crippen LogP contribution is 2.39. The van der Waals surface area contributed by atoms with Crippen LogP contribution in [0.25, 0.3) is 10.9 Å². The Balaban J connectivity index is 1.70. The fraction of sp³-hybridized carbons (Fsp3) is 0.333. The molecule has 136 valence electrons. The van der Waals surface area contributed by atoms with Gasteiger partial charge in [-0.1, -0.05) is 24.6 Å². The lowest BCUT2D eigenvalue weighted by molar-refractivity contribution is 0.0119. The minimum absolute atomic E-state index is 0.0908. The van der Waals surface area contributed by atoms with Crippen LogP contribution in [0.4, 0.5) is 13.2 Å². The number of halogens is 3. The van der Waals surface area contributed by atoms with Crippen LogP contribution in [-0.4, -0.2) is 16.4 Å². The van der Waals surface area contributed by atoms with E-state index in [1.807, 2.05) is 30.3 Å². The molecule has 1 aliphatic rings. The number of rotatable bonds is 3. The summed E-state index contributed by atoms with van der Waals surface area (Å²) in [6.45, 7) is 1.88. The van der Waals surface area contributed by atoms with Crippen LogP contribution in [0.5, 0.6) is 0 Å². The zero-order chi connectivity index (χ0) is 18.3. The van der Waals surface area contributed by atoms with E-state index < -0.39 is 17.9 Å². The molecule has 2 aromatic carbocycles. The van der Waals surface area contributed by atoms with Crippen LogP contribution in [-0.2, 0) is 0 Å². The number of alkyl halides is 1. The number of likely N-dealkylation sites (tertiary alicyclic amines) is 1. The molecule has 0 radical (unpaired) electrons. The van der Waals surface area contributed by atoms with Crippen LogP contribution in [0.1, 0.15) is 48.4 Å². The lowest BCUT2D eigenvalue weighted by Crippen LogP contribution is -2.35. The zero-order valence-corrected chi connectivity index (χ0v) is 14.6. The largest absolute Gasteiger partial charge is 0.357 e. The number of nitrogens with zero attached hydrogens (tertiary/aromatic N) is 1. The predicted molar refractivity (Wildman–Crippen MR) is 96.5 cm³/mol. The molecule has 1 saturated heterocycles. The summed E-state index contributed by atoms with van der Waals surface area (Å²) in [5.74, 6) is -1.44. The molecule has 5 heteroatoms. The second-order valence-corrected chi connectivity index (χ2v) is 6.97. The van der Waals surface area contributed by atoms with Crippen molar-refractivity contribution in [3.05, 3.63) is 70.9 Å². The van der Waals surface area contributed by atoms with Crippen molar-refractivity contribution in [3.63, 3.8) is 0 Å². The zero-order valence-electron chi connectivity index (χ0n) is 14.6. The third-order valence-electron chi connectivity index (χ3n) is 5.35. The number of para-hydroxylation sites is 1. The average Bonchev–Trinajstić information content (AvgIpc) is 3.10. The molecule has 4 rings (SSSR count). The summed E-state index contributed by atoms with van der Waals surface area (Å²) in [4.78, 5) is 5.06. The summed E-state index contributed by atoms with van der Waals surface area (Å²) in [7, 11) is 0. The Labute approximate surface area is 150 Å². The van der Waals surface area contributed by atoms with E-state index >= 15 is 4.39 Å². The van der Waals surface area contributed by atoms with Gasteiger partial charge in [-0.15, -0.1) is 0 Å². The third kappa shape index (κ3) is 2.90. The molecule has 2 atom stereocenters. The normalized spacial score (nSPS) is 19.8. The molecule has 2 heterocycles. The third-order valence-corrected chi connectivity index (χ3v) is 5.35. The summed E-state index contributed by atoms with van der Waals surface area (Å²) < 4.78 is 43.3. The molecule has 2 nitrogen and oxygen atoms in total. The number of fused-ring (bicyclic) bond motifs is 1. The van der Waals surface area contributed by atoms with Crippen LogP contribution in [0, 0.1) is 18.6 Å². The molecule has 1 aromatic heterocycles. The first-order valence-corrected chi connectivity index (χ1v) is 8.98. The van der Waals surface area contributed by atoms with E-state index in [0.29, 0.717) is 6.54 Å². The first-order valence-electron chi connectivity index (χ1n) is 8.98. The van der Waals surface area contributed by atoms with Crippen LogP contribution in [0.3, 0.4) is 0 Å². The van der Waals surface area contributed by atoms with E-state index in [9.17, 15) is 8.78 Å². The molecule has 0 amide bonds. The van der Waals surface area contributed by atoms with Gasteiger partial charge >= 0.3 is 0 Å². The number of piperidine rings is 1. The summed E-state index contributed by atoms with van der Waals surface area (Å²) in [6.07, 6.45) is 1.05. The maximum Gasteiger partial charge on any atom is 0.182 e. The molecule has 1 aliphatic heterocycles. The van der Waals surface area contributed by atoms with Crippen LogP contribution < -0.4 is 0 Å². The number of aromatic nitrogens is 1. The van der Waals surface area contributed by atoms with E-state index in [0.717, 1.165) is 41.9 Å². The first kappa shape index (κ1) is 17.2. The van der Waals surface area contributed by atoms with Crippen molar-refractivity contribution in [1.82, 2.24) is 9.88 Å². The Morgan fingerprint density at radius 2 is 1.92 bits per heavy atom. The van der Waals surface area contributed by atoms with Crippen molar-refractivity contribution >= 4 is 10.9 Å². The standard InChI is InChI=1S/C21H21F3N2/c1-13-16(22)10-9-15(20(13)23)21(24)26-11-5-4-8-19(26)18-12-14-6-2-3-7-17(14)25-18/h2-3,6-7,9-10,12,19,21,25H,4-5,8,11H2,1H3. The lowest BCUT2D eigenvalue weighted by atomic mass is 9.97. The number of nitrogens with one attached hydrogen (secondary N) is 1. The van der Waals surface area contributed by atoms with Crippen molar-refractivity contribution < 1.29 is 13.2 Å². The fourth-order valence-electron chi connectivity index (χ4n) is 3.88. The molecule has 1 fully saturated rings. The van der Waals surface area contributed by atoms with Gasteiger partial charge in [-0.2, -0.15) is 0 Å². The molecule has 1 N–H and O–H groups in total. The minimum atomic E-state index is -1.61. The Bertz CT molecular complexity index is 901. The van der Waals surface area contributed by atoms with Crippen molar-refractivity contribution in [2.24, 2.45) is 0 Å². The lowest BCUT2D eigenvalue weighted by Gasteiger charge is -2.37. The maximum absolute atomic E-state index is 15.3. The van der Waals surface area contributed by atoms with Crippen molar-refractivity contribution in [2.75, 3.05) is 6.54 Å². The van der Waals surface area contributed by atoms with Gasteiger partial charge in [0.15, 0.2) is 6.30 Å². The van der Waals surface area contributed by atoms with Gasteiger partial charge in [-0.3, -0.25) is 4.90 Å². The SMILES string of the molecule is Cc1c(F)ccc(C(F)N2CCCCC2c2cc3ccccc3[nH]2)c1F. The monoisotopic (exact) mass is 358 g/mol. The smallest absolute Gasteiger partial charge is 0.182 e. The number of benzene rings is 2. The number of hydrogen-bond donors (Lipinski definition) is 1. The van der Waals surface area contributed by atoms with Gasteiger partial charge in [0, 0.05) is 28.9 Å². The molecule has 0 bridgehead atoms. The van der Waals surface area contributed by atoms with Crippen molar-refractivity contribution in [1.29, 1.82) is 0 Å². The van der Waals surface area contributed by atoms with E-state index in [1.54, 1.807) is 4.90 Å². The summed E-state index contributed by atoms with van der Waals surface area (Å²) in [6, 6.07) is 12.2. The molecule has 0 aliphatic carbocycles. The topological polar surface area (TPSA) is 19.0 Å². The Morgan fingerprint density at radius 3 is 2.73 bits per heavy atom. The molecular formula is C21H21F3N2. The quantitative estimate of drug-likeness (QED) is 0.573. The number of hydrogen-bond acceptors (Lipinski definition) is 1. The highest BCUT2D eigenvalue weighted by molar-refractivity contribution is 5.80. The van der Waals surface area contributed by atoms with Gasteiger partial charge < -0.3 is 4.98 Å². The minimum Gasteiger partial charge on any atom is -0.357 e. The predicted octanol–water partition coefficient (Wildman–Crippen LogP) is 5.95. The first-order chi connectivity index (χ1) is 12.6. The highest BCUT2D eigenvalue weighted by atomic mass is 19.1. The summed E-state index contributed by atoms with van der Waals surface area (Å²) in [5.41, 5.74) is 1.72. The van der Waals surface area contributed by atoms with Crippen molar-refractivity contribution in [2.45, 2.75) is 38.5 Å². The molecule has 0 saturated carbocycles. The van der Waals surface area contributed by atoms with Crippen LogP contribution in [0.15, 0.2) is 42.5 Å². The number of aromatic amines is 1. The van der Waals surface area contributed by atoms with Crippen LogP contribution >= 0.6 is 0 Å². The van der Waals surface area contributed by atoms with E-state index in [2.05, 4.69) is 4.98 Å². The second-order valence-electron chi connectivity index (χ2n) is 6.97. The van der Waals surface area contributed by atoms with Crippen molar-refractivity contribution in [3.8, 4) is 0 Å². The highest BCUT2D eigenvalue weighted by Gasteiger charge is 2.33. The summed E-state index contributed by atoms with van der Waals surface area (Å²) >= 11 is 0. The molecule has 2 unspecified atom stereocenters. The van der Waals surface area contributed by atoms with E-state index in [-0.39, 0.29) is 17.2 Å². The molecule has 0 spiro atoms. The maximum atomic E-state index is 15.3. The van der Waals surface area contributed by atoms with E-state index in [4.69, 9.17) is 0 Å². The van der Waals surface area contributed by atoms with Gasteiger partial charge in [-0.05, 0) is 49.4 Å². The van der Waals surface area contributed by atoms with E-state index in [1.165, 1.54) is 13.0 Å². The number of H-pyrrole nitrogens is 1. The van der Waals surface area contributed by atoms with Crippen LogP contribution in [0.2, 0.25) is 0 Å². The van der Waals surface area contributed by atoms with Gasteiger partial charge in [0.2, 0.25) is 0 Å². The van der Waals surface area contributed by atoms with Gasteiger partial charge in [0.25, 0.3) is 0 Å². The Hall–Kier alpha value is -2.27. The summed E-state index contributed by atoms with van der Waals surface area (Å²) in [5, 5.41) is 1.08. The molecule has 3 aromatic rings. The average molecular weight is 358 g/mol. The molecule has 26 heavy (non-hydrogen) atoms. The van der Waals surface area contributed by atoms with Gasteiger partial charge in [0.1, 0.15) is 11.6 Å². The molecular weight excluding hydrogens is 337 g/mol. The van der Waals surface area contributed by atoms with Gasteiger partial charge in [-0.25, -0.2) is 13.2 Å². The Morgan fingerprint density at radius 1 is 1.12 bits per heavy atom.